The summed E-state index contributed by atoms with van der Waals surface area (Å²) in [7, 11) is -3.58. The van der Waals surface area contributed by atoms with Gasteiger partial charge in [0.15, 0.2) is 0 Å². The van der Waals surface area contributed by atoms with Gasteiger partial charge in [-0.05, 0) is 42.2 Å². The van der Waals surface area contributed by atoms with E-state index in [1.807, 2.05) is 18.2 Å². The minimum atomic E-state index is -3.58. The number of sulfonamides is 1. The Balaban J connectivity index is 1.82. The van der Waals surface area contributed by atoms with Gasteiger partial charge >= 0.3 is 0 Å². The minimum absolute atomic E-state index is 0.0262. The molecule has 1 amide bonds. The van der Waals surface area contributed by atoms with E-state index < -0.39 is 10.0 Å². The molecule has 1 aliphatic carbocycles. The first-order chi connectivity index (χ1) is 12.5. The predicted molar refractivity (Wildman–Crippen MR) is 102 cm³/mol. The van der Waals surface area contributed by atoms with Gasteiger partial charge in [-0.15, -0.1) is 0 Å². The highest BCUT2D eigenvalue weighted by Crippen LogP contribution is 2.31. The van der Waals surface area contributed by atoms with Gasteiger partial charge in [0.25, 0.3) is 5.91 Å². The average molecular weight is 372 g/mol. The van der Waals surface area contributed by atoms with Crippen LogP contribution >= 0.6 is 0 Å². The van der Waals surface area contributed by atoms with E-state index in [0.717, 1.165) is 18.4 Å². The van der Waals surface area contributed by atoms with Crippen molar-refractivity contribution < 1.29 is 13.2 Å². The quantitative estimate of drug-likeness (QED) is 0.847. The van der Waals surface area contributed by atoms with Crippen LogP contribution < -0.4 is 5.32 Å². The number of hydrogen-bond donors (Lipinski definition) is 1. The molecule has 1 atom stereocenters. The van der Waals surface area contributed by atoms with Gasteiger partial charge in [-0.2, -0.15) is 4.31 Å². The van der Waals surface area contributed by atoms with Crippen LogP contribution in [0.5, 0.6) is 0 Å². The zero-order chi connectivity index (χ0) is 18.7. The highest BCUT2D eigenvalue weighted by atomic mass is 32.2. The van der Waals surface area contributed by atoms with Crippen molar-refractivity contribution >= 4 is 15.9 Å². The predicted octanol–water partition coefficient (Wildman–Crippen LogP) is 3.13. The van der Waals surface area contributed by atoms with Gasteiger partial charge in [0.2, 0.25) is 10.0 Å². The van der Waals surface area contributed by atoms with Gasteiger partial charge in [-0.3, -0.25) is 4.79 Å². The van der Waals surface area contributed by atoms with Gasteiger partial charge in [0.05, 0.1) is 10.9 Å². The van der Waals surface area contributed by atoms with E-state index in [1.165, 1.54) is 22.0 Å². The van der Waals surface area contributed by atoms with Crippen LogP contribution in [-0.2, 0) is 16.4 Å². The number of fused-ring (bicyclic) bond motifs is 1. The number of amides is 1. The second-order valence-corrected chi connectivity index (χ2v) is 8.32. The molecule has 0 aliphatic heterocycles. The maximum Gasteiger partial charge on any atom is 0.251 e. The third-order valence-electron chi connectivity index (χ3n) is 4.88. The lowest BCUT2D eigenvalue weighted by atomic mass is 10.1. The molecular formula is C20H24N2O3S. The van der Waals surface area contributed by atoms with Crippen LogP contribution in [0.2, 0.25) is 0 Å². The van der Waals surface area contributed by atoms with Crippen molar-refractivity contribution in [2.24, 2.45) is 0 Å². The summed E-state index contributed by atoms with van der Waals surface area (Å²) in [6, 6.07) is 14.3. The van der Waals surface area contributed by atoms with Crippen molar-refractivity contribution in [1.82, 2.24) is 9.62 Å². The van der Waals surface area contributed by atoms with Crippen LogP contribution in [0.25, 0.3) is 0 Å². The van der Waals surface area contributed by atoms with E-state index in [1.54, 1.807) is 26.0 Å². The fraction of sp³-hybridized carbons (Fsp3) is 0.350. The number of benzene rings is 2. The molecule has 1 N–H and O–H groups in total. The van der Waals surface area contributed by atoms with Crippen LogP contribution in [0.3, 0.4) is 0 Å². The number of rotatable bonds is 6. The van der Waals surface area contributed by atoms with Gasteiger partial charge < -0.3 is 5.32 Å². The summed E-state index contributed by atoms with van der Waals surface area (Å²) in [5.41, 5.74) is 2.77. The van der Waals surface area contributed by atoms with Crippen molar-refractivity contribution in [3.8, 4) is 0 Å². The number of nitrogens with one attached hydrogen (secondary N) is 1. The van der Waals surface area contributed by atoms with E-state index in [-0.39, 0.29) is 16.8 Å². The molecule has 0 spiro atoms. The van der Waals surface area contributed by atoms with Gasteiger partial charge in [0, 0.05) is 18.7 Å². The number of carbonyl (C=O) groups is 1. The summed E-state index contributed by atoms with van der Waals surface area (Å²) < 4.78 is 26.7. The average Bonchev–Trinajstić information content (AvgIpc) is 3.05. The molecule has 3 rings (SSSR count). The van der Waals surface area contributed by atoms with E-state index >= 15 is 0 Å². The molecule has 0 radical (unpaired) electrons. The molecule has 5 nitrogen and oxygen atoms in total. The summed E-state index contributed by atoms with van der Waals surface area (Å²) in [6.45, 7) is 4.40. The first-order valence-electron chi connectivity index (χ1n) is 8.96. The van der Waals surface area contributed by atoms with Crippen LogP contribution in [0.1, 0.15) is 47.8 Å². The van der Waals surface area contributed by atoms with Gasteiger partial charge in [-0.1, -0.05) is 44.2 Å². The zero-order valence-corrected chi connectivity index (χ0v) is 15.9. The van der Waals surface area contributed by atoms with Crippen molar-refractivity contribution in [2.75, 3.05) is 13.1 Å². The Labute approximate surface area is 155 Å². The number of nitrogens with zero attached hydrogens (tertiary/aromatic N) is 1. The Morgan fingerprint density at radius 2 is 1.85 bits per heavy atom. The molecule has 1 aliphatic rings. The number of aryl methyl sites for hydroxylation is 1. The van der Waals surface area contributed by atoms with Gasteiger partial charge in [-0.25, -0.2) is 8.42 Å². The lowest BCUT2D eigenvalue weighted by molar-refractivity contribution is 0.0936. The van der Waals surface area contributed by atoms with Crippen molar-refractivity contribution in [1.29, 1.82) is 0 Å². The Morgan fingerprint density at radius 3 is 2.58 bits per heavy atom. The standard InChI is InChI=1S/C20H24N2O3S/c1-3-22(4-2)26(24,25)17-10-7-9-16(14-17)20(23)21-19-13-12-15-8-5-6-11-18(15)19/h5-11,14,19H,3-4,12-13H2,1-2H3,(H,21,23)/t19-/m0/s1. The zero-order valence-electron chi connectivity index (χ0n) is 15.1. The van der Waals surface area contributed by atoms with Crippen LogP contribution in [0.15, 0.2) is 53.4 Å². The second kappa shape index (κ2) is 7.60. The molecular weight excluding hydrogens is 348 g/mol. The molecule has 0 unspecified atom stereocenters. The monoisotopic (exact) mass is 372 g/mol. The number of hydrogen-bond acceptors (Lipinski definition) is 3. The molecule has 0 bridgehead atoms. The summed E-state index contributed by atoms with van der Waals surface area (Å²) in [6.07, 6.45) is 1.81. The Bertz CT molecular complexity index is 905. The maximum absolute atomic E-state index is 12.7. The molecule has 0 heterocycles. The SMILES string of the molecule is CCN(CC)S(=O)(=O)c1cccc(C(=O)N[C@H]2CCc3ccccc32)c1. The normalized spacial score (nSPS) is 16.5. The molecule has 0 aromatic heterocycles. The smallest absolute Gasteiger partial charge is 0.251 e. The molecule has 0 fully saturated rings. The van der Waals surface area contributed by atoms with Crippen LogP contribution in [0, 0.1) is 0 Å². The summed E-state index contributed by atoms with van der Waals surface area (Å²) in [5.74, 6) is -0.247. The van der Waals surface area contributed by atoms with Crippen molar-refractivity contribution in [3.63, 3.8) is 0 Å². The van der Waals surface area contributed by atoms with E-state index in [2.05, 4.69) is 11.4 Å². The first kappa shape index (κ1) is 18.6. The molecule has 138 valence electrons. The Morgan fingerprint density at radius 1 is 1.12 bits per heavy atom. The lowest BCUT2D eigenvalue weighted by Gasteiger charge is -2.19. The van der Waals surface area contributed by atoms with Crippen LogP contribution in [0.4, 0.5) is 0 Å². The van der Waals surface area contributed by atoms with Crippen molar-refractivity contribution in [2.45, 2.75) is 37.6 Å². The topological polar surface area (TPSA) is 66.5 Å². The second-order valence-electron chi connectivity index (χ2n) is 6.38. The summed E-state index contributed by atoms with van der Waals surface area (Å²) >= 11 is 0. The third-order valence-corrected chi connectivity index (χ3v) is 6.92. The molecule has 26 heavy (non-hydrogen) atoms. The fourth-order valence-corrected chi connectivity index (χ4v) is 4.96. The summed E-state index contributed by atoms with van der Waals surface area (Å²) in [4.78, 5) is 12.8. The molecule has 0 saturated heterocycles. The van der Waals surface area contributed by atoms with Crippen LogP contribution in [-0.4, -0.2) is 31.7 Å². The largest absolute Gasteiger partial charge is 0.345 e. The molecule has 2 aromatic rings. The minimum Gasteiger partial charge on any atom is -0.345 e. The fourth-order valence-electron chi connectivity index (χ4n) is 3.46. The van der Waals surface area contributed by atoms with E-state index in [4.69, 9.17) is 0 Å². The van der Waals surface area contributed by atoms with E-state index in [9.17, 15) is 13.2 Å². The highest BCUT2D eigenvalue weighted by Gasteiger charge is 2.25. The van der Waals surface area contributed by atoms with E-state index in [0.29, 0.717) is 18.7 Å². The summed E-state index contributed by atoms with van der Waals surface area (Å²) in [5, 5.41) is 3.04. The lowest BCUT2D eigenvalue weighted by Crippen LogP contribution is -2.31. The molecule has 6 heteroatoms. The Hall–Kier alpha value is -2.18. The third kappa shape index (κ3) is 3.52. The molecule has 0 saturated carbocycles. The highest BCUT2D eigenvalue weighted by molar-refractivity contribution is 7.89. The first-order valence-corrected chi connectivity index (χ1v) is 10.4. The number of carbonyl (C=O) groups excluding carboxylic acids is 1. The van der Waals surface area contributed by atoms with Gasteiger partial charge in [0.1, 0.15) is 0 Å². The molecule has 2 aromatic carbocycles. The Kier molecular flexibility index (Phi) is 5.44. The van der Waals surface area contributed by atoms with Crippen molar-refractivity contribution in [3.05, 3.63) is 65.2 Å². The maximum atomic E-state index is 12.7.